The van der Waals surface area contributed by atoms with Crippen LogP contribution in [0.2, 0.25) is 0 Å². The molecule has 0 aliphatic heterocycles. The summed E-state index contributed by atoms with van der Waals surface area (Å²) in [4.78, 5) is 23.3. The molecule has 0 heterocycles. The molecule has 2 aromatic carbocycles. The van der Waals surface area contributed by atoms with Gasteiger partial charge in [0.05, 0.1) is 12.2 Å². The van der Waals surface area contributed by atoms with Crippen molar-refractivity contribution in [2.24, 2.45) is 0 Å². The third-order valence-electron chi connectivity index (χ3n) is 3.29. The van der Waals surface area contributed by atoms with Gasteiger partial charge in [0.1, 0.15) is 5.75 Å². The molecular formula is C17H18N2O4. The van der Waals surface area contributed by atoms with E-state index in [0.717, 1.165) is 11.1 Å². The third-order valence-corrected chi connectivity index (χ3v) is 3.29. The molecule has 0 aliphatic rings. The second kappa shape index (κ2) is 7.84. The van der Waals surface area contributed by atoms with Crippen LogP contribution < -0.4 is 10.9 Å². The van der Waals surface area contributed by atoms with Crippen molar-refractivity contribution in [1.29, 1.82) is 0 Å². The van der Waals surface area contributed by atoms with Gasteiger partial charge in [-0.2, -0.15) is 0 Å². The Morgan fingerprint density at radius 3 is 2.48 bits per heavy atom. The van der Waals surface area contributed by atoms with E-state index in [9.17, 15) is 14.7 Å². The molecule has 0 aromatic heterocycles. The van der Waals surface area contributed by atoms with Crippen LogP contribution in [0.3, 0.4) is 0 Å². The maximum absolute atomic E-state index is 11.8. The van der Waals surface area contributed by atoms with E-state index in [4.69, 9.17) is 4.74 Å². The van der Waals surface area contributed by atoms with E-state index in [1.807, 2.05) is 31.2 Å². The molecule has 2 aromatic rings. The molecule has 0 saturated heterocycles. The van der Waals surface area contributed by atoms with Gasteiger partial charge in [0.15, 0.2) is 0 Å². The number of rotatable bonds is 4. The normalized spacial score (nSPS) is 9.96. The number of aromatic hydroxyl groups is 1. The van der Waals surface area contributed by atoms with Gasteiger partial charge in [-0.1, -0.05) is 36.4 Å². The van der Waals surface area contributed by atoms with Crippen LogP contribution in [0.4, 0.5) is 4.79 Å². The predicted octanol–water partition coefficient (Wildman–Crippen LogP) is 2.31. The first-order chi connectivity index (χ1) is 11.1. The zero-order valence-electron chi connectivity index (χ0n) is 12.7. The second-order valence-corrected chi connectivity index (χ2v) is 4.91. The summed E-state index contributed by atoms with van der Waals surface area (Å²) in [7, 11) is 0. The Hall–Kier alpha value is -3.02. The standard InChI is InChI=1S/C17H18N2O4/c1-12-6-2-3-7-13(12)10-11-23-17(22)19-18-16(21)14-8-4-5-9-15(14)20/h2-9,20H,10-11H2,1H3,(H,18,21)(H,19,22). The van der Waals surface area contributed by atoms with Crippen LogP contribution >= 0.6 is 0 Å². The third kappa shape index (κ3) is 4.74. The van der Waals surface area contributed by atoms with Gasteiger partial charge in [-0.05, 0) is 30.2 Å². The summed E-state index contributed by atoms with van der Waals surface area (Å²) in [6.45, 7) is 2.19. The summed E-state index contributed by atoms with van der Waals surface area (Å²) in [5.41, 5.74) is 6.60. The van der Waals surface area contributed by atoms with Crippen LogP contribution in [-0.4, -0.2) is 23.7 Å². The Morgan fingerprint density at radius 1 is 1.04 bits per heavy atom. The molecule has 6 nitrogen and oxygen atoms in total. The summed E-state index contributed by atoms with van der Waals surface area (Å²) >= 11 is 0. The number of amides is 2. The Morgan fingerprint density at radius 2 is 1.74 bits per heavy atom. The van der Waals surface area contributed by atoms with Crippen LogP contribution in [0.15, 0.2) is 48.5 Å². The Kier molecular flexibility index (Phi) is 5.57. The molecule has 23 heavy (non-hydrogen) atoms. The number of aryl methyl sites for hydroxylation is 1. The highest BCUT2D eigenvalue weighted by atomic mass is 16.6. The number of para-hydroxylation sites is 1. The van der Waals surface area contributed by atoms with Gasteiger partial charge in [0.25, 0.3) is 5.91 Å². The number of hydrogen-bond donors (Lipinski definition) is 3. The largest absolute Gasteiger partial charge is 0.507 e. The van der Waals surface area contributed by atoms with Gasteiger partial charge in [0.2, 0.25) is 0 Å². The highest BCUT2D eigenvalue weighted by molar-refractivity contribution is 5.97. The molecule has 2 rings (SSSR count). The molecule has 0 atom stereocenters. The first kappa shape index (κ1) is 16.4. The summed E-state index contributed by atoms with van der Waals surface area (Å²) < 4.78 is 4.99. The second-order valence-electron chi connectivity index (χ2n) is 4.91. The summed E-state index contributed by atoms with van der Waals surface area (Å²) in [6, 6.07) is 13.9. The van der Waals surface area contributed by atoms with Crippen molar-refractivity contribution in [2.45, 2.75) is 13.3 Å². The number of ether oxygens (including phenoxy) is 1. The van der Waals surface area contributed by atoms with Gasteiger partial charge in [-0.25, -0.2) is 10.2 Å². The fraction of sp³-hybridized carbons (Fsp3) is 0.176. The highest BCUT2D eigenvalue weighted by Crippen LogP contribution is 2.14. The van der Waals surface area contributed by atoms with Crippen molar-refractivity contribution in [1.82, 2.24) is 10.9 Å². The molecule has 0 bridgehead atoms. The van der Waals surface area contributed by atoms with Crippen LogP contribution in [0.1, 0.15) is 21.5 Å². The van der Waals surface area contributed by atoms with Crippen molar-refractivity contribution in [3.8, 4) is 5.75 Å². The lowest BCUT2D eigenvalue weighted by atomic mass is 10.1. The lowest BCUT2D eigenvalue weighted by molar-refractivity contribution is 0.0907. The number of hydrazine groups is 1. The molecule has 120 valence electrons. The summed E-state index contributed by atoms with van der Waals surface area (Å²) in [5.74, 6) is -0.793. The molecule has 0 unspecified atom stereocenters. The average Bonchev–Trinajstić information content (AvgIpc) is 2.55. The SMILES string of the molecule is Cc1ccccc1CCOC(=O)NNC(=O)c1ccccc1O. The van der Waals surface area contributed by atoms with Gasteiger partial charge in [-0.15, -0.1) is 0 Å². The zero-order chi connectivity index (χ0) is 16.7. The zero-order valence-corrected chi connectivity index (χ0v) is 12.7. The Labute approximate surface area is 134 Å². The fourth-order valence-corrected chi connectivity index (χ4v) is 2.02. The predicted molar refractivity (Wildman–Crippen MR) is 84.9 cm³/mol. The van der Waals surface area contributed by atoms with E-state index >= 15 is 0 Å². The number of phenolic OH excluding ortho intramolecular Hbond substituents is 1. The smallest absolute Gasteiger partial charge is 0.426 e. The van der Waals surface area contributed by atoms with Crippen molar-refractivity contribution in [3.63, 3.8) is 0 Å². The quantitative estimate of drug-likeness (QED) is 0.756. The molecule has 3 N–H and O–H groups in total. The monoisotopic (exact) mass is 314 g/mol. The van der Waals surface area contributed by atoms with Crippen molar-refractivity contribution in [3.05, 3.63) is 65.2 Å². The lowest BCUT2D eigenvalue weighted by Gasteiger charge is -2.10. The van der Waals surface area contributed by atoms with Gasteiger partial charge < -0.3 is 9.84 Å². The molecule has 0 radical (unpaired) electrons. The fourth-order valence-electron chi connectivity index (χ4n) is 2.02. The minimum Gasteiger partial charge on any atom is -0.507 e. The minimum absolute atomic E-state index is 0.0627. The van der Waals surface area contributed by atoms with Crippen LogP contribution in [0.5, 0.6) is 5.75 Å². The lowest BCUT2D eigenvalue weighted by Crippen LogP contribution is -2.42. The molecule has 0 spiro atoms. The van der Waals surface area contributed by atoms with Gasteiger partial charge in [0, 0.05) is 6.42 Å². The number of carbonyl (C=O) groups excluding carboxylic acids is 2. The summed E-state index contributed by atoms with van der Waals surface area (Å²) in [6.07, 6.45) is -0.171. The van der Waals surface area contributed by atoms with E-state index in [0.29, 0.717) is 6.42 Å². The molecular weight excluding hydrogens is 296 g/mol. The van der Waals surface area contributed by atoms with Crippen LogP contribution in [-0.2, 0) is 11.2 Å². The van der Waals surface area contributed by atoms with Crippen molar-refractivity contribution >= 4 is 12.0 Å². The van der Waals surface area contributed by atoms with Crippen LogP contribution in [0, 0.1) is 6.92 Å². The molecule has 0 aliphatic carbocycles. The number of hydrogen-bond acceptors (Lipinski definition) is 4. The van der Waals surface area contributed by atoms with E-state index in [1.165, 1.54) is 12.1 Å². The van der Waals surface area contributed by atoms with E-state index in [1.54, 1.807) is 12.1 Å². The average molecular weight is 314 g/mol. The van der Waals surface area contributed by atoms with Crippen molar-refractivity contribution < 1.29 is 19.4 Å². The van der Waals surface area contributed by atoms with E-state index < -0.39 is 12.0 Å². The molecule has 0 fully saturated rings. The minimum atomic E-state index is -0.762. The molecule has 0 saturated carbocycles. The number of nitrogens with one attached hydrogen (secondary N) is 2. The van der Waals surface area contributed by atoms with E-state index in [-0.39, 0.29) is 17.9 Å². The number of benzene rings is 2. The Bertz CT molecular complexity index is 700. The highest BCUT2D eigenvalue weighted by Gasteiger charge is 2.11. The maximum atomic E-state index is 11.8. The van der Waals surface area contributed by atoms with Crippen molar-refractivity contribution in [2.75, 3.05) is 6.61 Å². The van der Waals surface area contributed by atoms with Gasteiger partial charge in [-0.3, -0.25) is 10.2 Å². The first-order valence-electron chi connectivity index (χ1n) is 7.13. The molecule has 2 amide bonds. The topological polar surface area (TPSA) is 87.7 Å². The Balaban J connectivity index is 1.74. The number of carbonyl (C=O) groups is 2. The molecule has 6 heteroatoms. The maximum Gasteiger partial charge on any atom is 0.426 e. The number of phenols is 1. The van der Waals surface area contributed by atoms with Crippen LogP contribution in [0.25, 0.3) is 0 Å². The van der Waals surface area contributed by atoms with E-state index in [2.05, 4.69) is 10.9 Å². The van der Waals surface area contributed by atoms with Gasteiger partial charge >= 0.3 is 6.09 Å². The first-order valence-corrected chi connectivity index (χ1v) is 7.13. The summed E-state index contributed by atoms with van der Waals surface area (Å²) in [5, 5.41) is 9.53.